The zero-order chi connectivity index (χ0) is 21.1. The van der Waals surface area contributed by atoms with Crippen molar-refractivity contribution in [1.82, 2.24) is 10.2 Å². The second-order valence-electron chi connectivity index (χ2n) is 6.34. The van der Waals surface area contributed by atoms with E-state index < -0.39 is 24.4 Å². The highest BCUT2D eigenvalue weighted by molar-refractivity contribution is 6.31. The van der Waals surface area contributed by atoms with Crippen LogP contribution in [0.3, 0.4) is 0 Å². The second kappa shape index (κ2) is 8.24. The first-order chi connectivity index (χ1) is 13.8. The summed E-state index contributed by atoms with van der Waals surface area (Å²) >= 11 is 5.98. The van der Waals surface area contributed by atoms with Gasteiger partial charge in [0.05, 0.1) is 7.11 Å². The van der Waals surface area contributed by atoms with E-state index in [1.54, 1.807) is 12.1 Å². The number of rotatable bonds is 5. The maximum absolute atomic E-state index is 12.6. The van der Waals surface area contributed by atoms with Gasteiger partial charge in [-0.05, 0) is 31.2 Å². The molecule has 0 unspecified atom stereocenters. The number of aryl methyl sites for hydroxylation is 1. The summed E-state index contributed by atoms with van der Waals surface area (Å²) in [5.74, 6) is -1.34. The summed E-state index contributed by atoms with van der Waals surface area (Å²) in [6.07, 6.45) is 1.27. The molecule has 0 radical (unpaired) electrons. The average molecular weight is 416 g/mol. The van der Waals surface area contributed by atoms with Crippen molar-refractivity contribution >= 4 is 41.2 Å². The first-order valence-corrected chi connectivity index (χ1v) is 8.94. The molecule has 1 heterocycles. The molecule has 0 atom stereocenters. The Morgan fingerprint density at radius 1 is 1.28 bits per heavy atom. The number of nitrogens with one attached hydrogen (secondary N) is 2. The third-order valence-corrected chi connectivity index (χ3v) is 4.41. The van der Waals surface area contributed by atoms with Crippen LogP contribution in [0.5, 0.6) is 11.5 Å². The maximum atomic E-state index is 12.6. The Labute approximate surface area is 171 Å². The van der Waals surface area contributed by atoms with Crippen LogP contribution in [0.25, 0.3) is 6.08 Å². The number of hydrogen-bond acceptors (Lipinski definition) is 5. The lowest BCUT2D eigenvalue weighted by Gasteiger charge is -2.12. The standard InChI is InChI=1S/C20H18ClN3O5/c1-11-3-5-14(6-4-11)22-17(25)10-24-19(27)15(23-20(24)28)8-12-7-13(21)9-16(29-2)18(12)26/h3-9,26H,10H2,1-2H3,(H,22,25)(H,23,28)/b15-8+. The van der Waals surface area contributed by atoms with Crippen LogP contribution in [0.15, 0.2) is 42.1 Å². The molecule has 29 heavy (non-hydrogen) atoms. The third kappa shape index (κ3) is 4.49. The highest BCUT2D eigenvalue weighted by Crippen LogP contribution is 2.35. The van der Waals surface area contributed by atoms with Crippen LogP contribution in [0.4, 0.5) is 10.5 Å². The number of aromatic hydroxyl groups is 1. The number of carbonyl (C=O) groups is 3. The van der Waals surface area contributed by atoms with E-state index in [0.717, 1.165) is 10.5 Å². The minimum atomic E-state index is -0.742. The Kier molecular flexibility index (Phi) is 5.74. The molecule has 3 rings (SSSR count). The quantitative estimate of drug-likeness (QED) is 0.514. The van der Waals surface area contributed by atoms with E-state index in [9.17, 15) is 19.5 Å². The van der Waals surface area contributed by atoms with Crippen LogP contribution in [0.1, 0.15) is 11.1 Å². The second-order valence-corrected chi connectivity index (χ2v) is 6.78. The molecule has 3 N–H and O–H groups in total. The van der Waals surface area contributed by atoms with Gasteiger partial charge in [-0.1, -0.05) is 29.3 Å². The van der Waals surface area contributed by atoms with E-state index >= 15 is 0 Å². The van der Waals surface area contributed by atoms with Gasteiger partial charge in [0.25, 0.3) is 5.91 Å². The lowest BCUT2D eigenvalue weighted by atomic mass is 10.1. The van der Waals surface area contributed by atoms with E-state index in [1.165, 1.54) is 25.3 Å². The minimum Gasteiger partial charge on any atom is -0.504 e. The molecule has 2 aromatic rings. The number of amides is 4. The summed E-state index contributed by atoms with van der Waals surface area (Å²) in [4.78, 5) is 37.7. The average Bonchev–Trinajstić information content (AvgIpc) is 2.93. The van der Waals surface area contributed by atoms with Crippen molar-refractivity contribution in [1.29, 1.82) is 0 Å². The molecule has 8 nitrogen and oxygen atoms in total. The van der Waals surface area contributed by atoms with Gasteiger partial charge in [-0.15, -0.1) is 0 Å². The fraction of sp³-hybridized carbons (Fsp3) is 0.150. The van der Waals surface area contributed by atoms with Crippen LogP contribution in [-0.4, -0.2) is 41.5 Å². The van der Waals surface area contributed by atoms with Gasteiger partial charge in [-0.25, -0.2) is 9.69 Å². The van der Waals surface area contributed by atoms with Crippen LogP contribution in [0, 0.1) is 6.92 Å². The summed E-state index contributed by atoms with van der Waals surface area (Å²) < 4.78 is 5.02. The van der Waals surface area contributed by atoms with E-state index in [2.05, 4.69) is 10.6 Å². The summed E-state index contributed by atoms with van der Waals surface area (Å²) in [6, 6.07) is 9.19. The number of phenolic OH excluding ortho intramolecular Hbond substituents is 1. The summed E-state index contributed by atoms with van der Waals surface area (Å²) in [7, 11) is 1.36. The van der Waals surface area contributed by atoms with E-state index in [4.69, 9.17) is 16.3 Å². The number of hydrogen-bond donors (Lipinski definition) is 3. The number of phenols is 1. The summed E-state index contributed by atoms with van der Waals surface area (Å²) in [5, 5.41) is 15.5. The molecule has 1 aliphatic rings. The van der Waals surface area contributed by atoms with E-state index in [0.29, 0.717) is 5.69 Å². The van der Waals surface area contributed by atoms with Gasteiger partial charge in [0.1, 0.15) is 12.2 Å². The van der Waals surface area contributed by atoms with Crippen LogP contribution in [-0.2, 0) is 9.59 Å². The normalized spacial score (nSPS) is 14.9. The largest absolute Gasteiger partial charge is 0.504 e. The maximum Gasteiger partial charge on any atom is 0.329 e. The minimum absolute atomic E-state index is 0.0993. The molecule has 1 saturated heterocycles. The molecule has 0 bridgehead atoms. The molecular weight excluding hydrogens is 398 g/mol. The van der Waals surface area contributed by atoms with Gasteiger partial charge in [-0.2, -0.15) is 0 Å². The topological polar surface area (TPSA) is 108 Å². The fourth-order valence-electron chi connectivity index (χ4n) is 2.71. The highest BCUT2D eigenvalue weighted by atomic mass is 35.5. The Balaban J connectivity index is 1.76. The number of halogens is 1. The Hall–Kier alpha value is -3.52. The molecular formula is C20H18ClN3O5. The molecule has 0 aliphatic carbocycles. The molecule has 0 spiro atoms. The molecule has 2 aromatic carbocycles. The third-order valence-electron chi connectivity index (χ3n) is 4.19. The van der Waals surface area contributed by atoms with Crippen molar-refractivity contribution in [2.45, 2.75) is 6.92 Å². The Bertz CT molecular complexity index is 1020. The highest BCUT2D eigenvalue weighted by Gasteiger charge is 2.35. The Morgan fingerprint density at radius 3 is 2.62 bits per heavy atom. The molecule has 9 heteroatoms. The molecule has 1 aliphatic heterocycles. The van der Waals surface area contributed by atoms with Crippen LogP contribution < -0.4 is 15.4 Å². The predicted octanol–water partition coefficient (Wildman–Crippen LogP) is 2.89. The lowest BCUT2D eigenvalue weighted by molar-refractivity contribution is -0.127. The van der Waals surface area contributed by atoms with Gasteiger partial charge in [0.2, 0.25) is 5.91 Å². The van der Waals surface area contributed by atoms with Crippen molar-refractivity contribution in [3.8, 4) is 11.5 Å². The lowest BCUT2D eigenvalue weighted by Crippen LogP contribution is -2.38. The van der Waals surface area contributed by atoms with Crippen molar-refractivity contribution in [2.24, 2.45) is 0 Å². The Morgan fingerprint density at radius 2 is 1.97 bits per heavy atom. The predicted molar refractivity (Wildman–Crippen MR) is 108 cm³/mol. The molecule has 0 saturated carbocycles. The van der Waals surface area contributed by atoms with Crippen molar-refractivity contribution in [2.75, 3.05) is 19.0 Å². The van der Waals surface area contributed by atoms with Gasteiger partial charge in [0.15, 0.2) is 11.5 Å². The van der Waals surface area contributed by atoms with Gasteiger partial charge >= 0.3 is 6.03 Å². The van der Waals surface area contributed by atoms with Crippen molar-refractivity contribution < 1.29 is 24.2 Å². The number of imide groups is 1. The van der Waals surface area contributed by atoms with Gasteiger partial charge in [-0.3, -0.25) is 9.59 Å². The number of carbonyl (C=O) groups excluding carboxylic acids is 3. The van der Waals surface area contributed by atoms with Crippen molar-refractivity contribution in [3.05, 3.63) is 58.2 Å². The number of benzene rings is 2. The monoisotopic (exact) mass is 415 g/mol. The summed E-state index contributed by atoms with van der Waals surface area (Å²) in [6.45, 7) is 1.46. The number of methoxy groups -OCH3 is 1. The number of ether oxygens (including phenoxy) is 1. The molecule has 0 aromatic heterocycles. The molecule has 4 amide bonds. The smallest absolute Gasteiger partial charge is 0.329 e. The van der Waals surface area contributed by atoms with Crippen LogP contribution in [0.2, 0.25) is 5.02 Å². The summed E-state index contributed by atoms with van der Waals surface area (Å²) in [5.41, 5.74) is 1.67. The zero-order valence-corrected chi connectivity index (χ0v) is 16.4. The number of anilines is 1. The van der Waals surface area contributed by atoms with Crippen molar-refractivity contribution in [3.63, 3.8) is 0 Å². The first kappa shape index (κ1) is 20.2. The van der Waals surface area contributed by atoms with E-state index in [1.807, 2.05) is 19.1 Å². The zero-order valence-electron chi connectivity index (χ0n) is 15.7. The number of nitrogens with zero attached hydrogens (tertiary/aromatic N) is 1. The SMILES string of the molecule is COc1cc(Cl)cc(/C=C2/NC(=O)N(CC(=O)Nc3ccc(C)cc3)C2=O)c1O. The molecule has 150 valence electrons. The van der Waals surface area contributed by atoms with Gasteiger partial charge < -0.3 is 20.5 Å². The fourth-order valence-corrected chi connectivity index (χ4v) is 2.93. The van der Waals surface area contributed by atoms with E-state index in [-0.39, 0.29) is 27.8 Å². The van der Waals surface area contributed by atoms with Gasteiger partial charge in [0, 0.05) is 22.3 Å². The van der Waals surface area contributed by atoms with Crippen LogP contribution >= 0.6 is 11.6 Å². The first-order valence-electron chi connectivity index (χ1n) is 8.56. The number of urea groups is 1. The molecule has 1 fully saturated rings.